The van der Waals surface area contributed by atoms with Crippen LogP contribution in [0.5, 0.6) is 0 Å². The number of carbonyl (C=O) groups excluding carboxylic acids is 1. The molecule has 2 atom stereocenters. The molecule has 2 aliphatic rings. The quantitative estimate of drug-likeness (QED) is 0.406. The van der Waals surface area contributed by atoms with Gasteiger partial charge in [-0.15, -0.1) is 0 Å². The summed E-state index contributed by atoms with van der Waals surface area (Å²) < 4.78 is 9.72. The zero-order valence-electron chi connectivity index (χ0n) is 4.51. The number of ketones is 1. The average Bonchev–Trinajstić information content (AvgIpc) is 2.49. The average molecular weight is 114 g/mol. The first kappa shape index (κ1) is 4.47. The SMILES string of the molecule is CC1OC2(CO2)C1=O. The predicted molar refractivity (Wildman–Crippen MR) is 24.2 cm³/mol. The van der Waals surface area contributed by atoms with E-state index in [9.17, 15) is 4.79 Å². The molecule has 44 valence electrons. The number of carbonyl (C=O) groups is 1. The summed E-state index contributed by atoms with van der Waals surface area (Å²) in [5.74, 6) is -0.642. The third kappa shape index (κ3) is 0.307. The van der Waals surface area contributed by atoms with Crippen molar-refractivity contribution in [1.82, 2.24) is 0 Å². The number of rotatable bonds is 0. The van der Waals surface area contributed by atoms with Gasteiger partial charge in [-0.3, -0.25) is 4.79 Å². The van der Waals surface area contributed by atoms with E-state index in [2.05, 4.69) is 0 Å². The normalized spacial score (nSPS) is 51.6. The van der Waals surface area contributed by atoms with Gasteiger partial charge in [0.05, 0.1) is 0 Å². The van der Waals surface area contributed by atoms with E-state index in [0.29, 0.717) is 6.61 Å². The van der Waals surface area contributed by atoms with Gasteiger partial charge in [-0.2, -0.15) is 0 Å². The van der Waals surface area contributed by atoms with Gasteiger partial charge < -0.3 is 9.47 Å². The van der Waals surface area contributed by atoms with Gasteiger partial charge in [-0.05, 0) is 6.92 Å². The Hall–Kier alpha value is -0.410. The van der Waals surface area contributed by atoms with Crippen molar-refractivity contribution in [2.75, 3.05) is 6.61 Å². The lowest BCUT2D eigenvalue weighted by molar-refractivity contribution is -0.195. The Morgan fingerprint density at radius 2 is 2.50 bits per heavy atom. The van der Waals surface area contributed by atoms with Crippen LogP contribution in [0.3, 0.4) is 0 Å². The lowest BCUT2D eigenvalue weighted by atomic mass is 10.1. The minimum absolute atomic E-state index is 0.0949. The van der Waals surface area contributed by atoms with E-state index >= 15 is 0 Å². The van der Waals surface area contributed by atoms with Gasteiger partial charge in [0.1, 0.15) is 12.7 Å². The second kappa shape index (κ2) is 0.967. The molecule has 0 aromatic carbocycles. The molecule has 3 heteroatoms. The molecular formula is C5H6O3. The van der Waals surface area contributed by atoms with Crippen LogP contribution in [0.1, 0.15) is 6.92 Å². The van der Waals surface area contributed by atoms with E-state index in [4.69, 9.17) is 9.47 Å². The third-order valence-electron chi connectivity index (χ3n) is 1.52. The Kier molecular flexibility index (Phi) is 0.540. The third-order valence-corrected chi connectivity index (χ3v) is 1.52. The predicted octanol–water partition coefficient (Wildman–Crippen LogP) is -0.299. The highest BCUT2D eigenvalue weighted by Gasteiger charge is 2.64. The fraction of sp³-hybridized carbons (Fsp3) is 0.800. The lowest BCUT2D eigenvalue weighted by Crippen LogP contribution is -2.51. The lowest BCUT2D eigenvalue weighted by Gasteiger charge is -2.27. The molecule has 0 bridgehead atoms. The number of Topliss-reactive ketones (excluding diaryl/α,β-unsaturated/α-hetero) is 1. The number of hydrogen-bond acceptors (Lipinski definition) is 3. The molecule has 3 nitrogen and oxygen atoms in total. The van der Waals surface area contributed by atoms with Crippen LogP contribution in [0.4, 0.5) is 0 Å². The first-order valence-electron chi connectivity index (χ1n) is 2.61. The zero-order chi connectivity index (χ0) is 5.78. The van der Waals surface area contributed by atoms with Crippen LogP contribution in [0, 0.1) is 0 Å². The number of epoxide rings is 1. The summed E-state index contributed by atoms with van der Waals surface area (Å²) in [5.41, 5.74) is 0. The van der Waals surface area contributed by atoms with Gasteiger partial charge in [-0.25, -0.2) is 0 Å². The molecule has 0 aromatic rings. The standard InChI is InChI=1S/C5H6O3/c1-3-4(6)5(8-3)2-7-5/h3H,2H2,1H3. The van der Waals surface area contributed by atoms with Crippen molar-refractivity contribution in [2.45, 2.75) is 18.8 Å². The van der Waals surface area contributed by atoms with Crippen LogP contribution in [0.2, 0.25) is 0 Å². The molecule has 2 aliphatic heterocycles. The van der Waals surface area contributed by atoms with Crippen molar-refractivity contribution < 1.29 is 14.3 Å². The van der Waals surface area contributed by atoms with Crippen molar-refractivity contribution in [3.05, 3.63) is 0 Å². The maximum Gasteiger partial charge on any atom is 0.257 e. The summed E-state index contributed by atoms with van der Waals surface area (Å²) in [7, 11) is 0. The van der Waals surface area contributed by atoms with Gasteiger partial charge >= 0.3 is 0 Å². The summed E-state index contributed by atoms with van der Waals surface area (Å²) in [6.45, 7) is 2.20. The summed E-state index contributed by atoms with van der Waals surface area (Å²) in [6, 6.07) is 0. The minimum atomic E-state index is -0.737. The molecule has 0 radical (unpaired) electrons. The highest BCUT2D eigenvalue weighted by molar-refractivity contribution is 5.96. The van der Waals surface area contributed by atoms with Gasteiger partial charge in [0.15, 0.2) is 0 Å². The highest BCUT2D eigenvalue weighted by atomic mass is 16.8. The monoisotopic (exact) mass is 114 g/mol. The number of hydrogen-bond donors (Lipinski definition) is 0. The summed E-state index contributed by atoms with van der Waals surface area (Å²) in [4.78, 5) is 10.7. The van der Waals surface area contributed by atoms with Crippen molar-refractivity contribution in [3.63, 3.8) is 0 Å². The summed E-state index contributed by atoms with van der Waals surface area (Å²) in [5, 5.41) is 0. The van der Waals surface area contributed by atoms with Gasteiger partial charge in [0, 0.05) is 0 Å². The van der Waals surface area contributed by atoms with E-state index in [0.717, 1.165) is 0 Å². The Morgan fingerprint density at radius 1 is 1.88 bits per heavy atom. The van der Waals surface area contributed by atoms with E-state index < -0.39 is 5.79 Å². The van der Waals surface area contributed by atoms with Crippen LogP contribution in [-0.4, -0.2) is 24.3 Å². The molecule has 2 heterocycles. The topological polar surface area (TPSA) is 38.8 Å². The molecule has 2 rings (SSSR count). The second-order valence-corrected chi connectivity index (χ2v) is 2.17. The maximum absolute atomic E-state index is 10.7. The Balaban J connectivity index is 2.16. The molecule has 2 unspecified atom stereocenters. The van der Waals surface area contributed by atoms with E-state index in [1.807, 2.05) is 0 Å². The van der Waals surface area contributed by atoms with Crippen LogP contribution in [-0.2, 0) is 14.3 Å². The first-order valence-corrected chi connectivity index (χ1v) is 2.61. The van der Waals surface area contributed by atoms with Crippen LogP contribution >= 0.6 is 0 Å². The van der Waals surface area contributed by atoms with E-state index in [1.54, 1.807) is 6.92 Å². The maximum atomic E-state index is 10.7. The van der Waals surface area contributed by atoms with Crippen molar-refractivity contribution in [1.29, 1.82) is 0 Å². The molecule has 0 aliphatic carbocycles. The molecule has 0 saturated carbocycles. The van der Waals surface area contributed by atoms with Gasteiger partial charge in [0.25, 0.3) is 5.79 Å². The van der Waals surface area contributed by atoms with Gasteiger partial charge in [0.2, 0.25) is 5.78 Å². The zero-order valence-corrected chi connectivity index (χ0v) is 4.51. The molecule has 2 fully saturated rings. The van der Waals surface area contributed by atoms with Gasteiger partial charge in [-0.1, -0.05) is 0 Å². The molecule has 0 N–H and O–H groups in total. The Bertz CT molecular complexity index is 148. The number of ether oxygens (including phenoxy) is 2. The van der Waals surface area contributed by atoms with Crippen LogP contribution in [0.25, 0.3) is 0 Å². The smallest absolute Gasteiger partial charge is 0.257 e. The Labute approximate surface area is 46.6 Å². The molecule has 0 amide bonds. The molecule has 8 heavy (non-hydrogen) atoms. The summed E-state index contributed by atoms with van der Waals surface area (Å²) in [6.07, 6.45) is -0.225. The van der Waals surface area contributed by atoms with Crippen LogP contribution < -0.4 is 0 Å². The molecular weight excluding hydrogens is 108 g/mol. The molecule has 0 aromatic heterocycles. The molecule has 1 spiro atoms. The van der Waals surface area contributed by atoms with Crippen molar-refractivity contribution in [3.8, 4) is 0 Å². The van der Waals surface area contributed by atoms with Crippen LogP contribution in [0.15, 0.2) is 0 Å². The largest absolute Gasteiger partial charge is 0.336 e. The second-order valence-electron chi connectivity index (χ2n) is 2.17. The molecule has 2 saturated heterocycles. The van der Waals surface area contributed by atoms with E-state index in [-0.39, 0.29) is 11.9 Å². The van der Waals surface area contributed by atoms with Crippen molar-refractivity contribution >= 4 is 5.78 Å². The summed E-state index contributed by atoms with van der Waals surface area (Å²) >= 11 is 0. The minimum Gasteiger partial charge on any atom is -0.336 e. The van der Waals surface area contributed by atoms with Crippen molar-refractivity contribution in [2.24, 2.45) is 0 Å². The fourth-order valence-electron chi connectivity index (χ4n) is 0.925. The first-order chi connectivity index (χ1) is 3.75. The highest BCUT2D eigenvalue weighted by Crippen LogP contribution is 2.40. The Morgan fingerprint density at radius 3 is 2.62 bits per heavy atom. The fourth-order valence-corrected chi connectivity index (χ4v) is 0.925. The van der Waals surface area contributed by atoms with E-state index in [1.165, 1.54) is 0 Å².